The lowest BCUT2D eigenvalue weighted by Crippen LogP contribution is -2.32. The van der Waals surface area contributed by atoms with Crippen molar-refractivity contribution in [2.24, 2.45) is 11.8 Å². The Bertz CT molecular complexity index is 181. The van der Waals surface area contributed by atoms with Gasteiger partial charge in [0.05, 0.1) is 6.10 Å². The van der Waals surface area contributed by atoms with Crippen LogP contribution in [0.5, 0.6) is 0 Å². The first kappa shape index (κ1) is 10.7. The van der Waals surface area contributed by atoms with E-state index >= 15 is 0 Å². The summed E-state index contributed by atoms with van der Waals surface area (Å²) in [7, 11) is 0. The first-order chi connectivity index (χ1) is 6.02. The molecule has 0 aromatic heterocycles. The number of carbonyl (C=O) groups is 1. The van der Waals surface area contributed by atoms with Crippen LogP contribution in [-0.4, -0.2) is 18.0 Å². The summed E-state index contributed by atoms with van der Waals surface area (Å²) in [6.07, 6.45) is 2.36. The highest BCUT2D eigenvalue weighted by Crippen LogP contribution is 2.36. The summed E-state index contributed by atoms with van der Waals surface area (Å²) in [6.45, 7) is 7.87. The van der Waals surface area contributed by atoms with Crippen LogP contribution in [0, 0.1) is 11.8 Å². The second-order valence-corrected chi connectivity index (χ2v) is 4.50. The number of hydrogen-bond acceptors (Lipinski definition) is 2. The molecule has 0 aliphatic heterocycles. The molecule has 1 fully saturated rings. The monoisotopic (exact) mass is 184 g/mol. The average molecular weight is 184 g/mol. The third-order valence-corrected chi connectivity index (χ3v) is 2.32. The van der Waals surface area contributed by atoms with E-state index in [0.29, 0.717) is 5.92 Å². The third-order valence-electron chi connectivity index (χ3n) is 2.32. The van der Waals surface area contributed by atoms with Crippen molar-refractivity contribution >= 4 is 5.78 Å². The predicted octanol–water partition coefficient (Wildman–Crippen LogP) is 2.42. The average Bonchev–Trinajstić information content (AvgIpc) is 2.80. The highest BCUT2D eigenvalue weighted by Gasteiger charge is 2.38. The molecule has 0 radical (unpaired) electrons. The lowest BCUT2D eigenvalue weighted by molar-refractivity contribution is -0.138. The number of carbonyl (C=O) groups excluding carboxylic acids is 1. The molecule has 0 saturated heterocycles. The van der Waals surface area contributed by atoms with Crippen molar-refractivity contribution in [2.75, 3.05) is 0 Å². The number of rotatable bonds is 5. The molecule has 1 atom stereocenters. The molecule has 13 heavy (non-hydrogen) atoms. The molecule has 1 rings (SSSR count). The molecule has 0 bridgehead atoms. The van der Waals surface area contributed by atoms with Crippen molar-refractivity contribution in [3.05, 3.63) is 0 Å². The van der Waals surface area contributed by atoms with E-state index in [-0.39, 0.29) is 23.9 Å². The summed E-state index contributed by atoms with van der Waals surface area (Å²) < 4.78 is 5.65. The van der Waals surface area contributed by atoms with Crippen LogP contribution in [0.3, 0.4) is 0 Å². The fourth-order valence-corrected chi connectivity index (χ4v) is 1.43. The van der Waals surface area contributed by atoms with Gasteiger partial charge < -0.3 is 4.74 Å². The van der Waals surface area contributed by atoms with E-state index in [0.717, 1.165) is 12.8 Å². The molecule has 0 aromatic carbocycles. The molecule has 1 aliphatic rings. The van der Waals surface area contributed by atoms with Gasteiger partial charge in [0, 0.05) is 5.92 Å². The van der Waals surface area contributed by atoms with Gasteiger partial charge in [-0.2, -0.15) is 0 Å². The number of Topliss-reactive ketones (excluding diaryl/α,β-unsaturated/α-hetero) is 1. The summed E-state index contributed by atoms with van der Waals surface area (Å²) in [6, 6.07) is 0. The van der Waals surface area contributed by atoms with E-state index in [9.17, 15) is 4.79 Å². The maximum absolute atomic E-state index is 11.7. The van der Waals surface area contributed by atoms with E-state index in [1.165, 1.54) is 0 Å². The van der Waals surface area contributed by atoms with Gasteiger partial charge in [-0.15, -0.1) is 0 Å². The van der Waals surface area contributed by atoms with Gasteiger partial charge >= 0.3 is 0 Å². The van der Waals surface area contributed by atoms with Gasteiger partial charge in [-0.1, -0.05) is 13.8 Å². The molecule has 76 valence electrons. The van der Waals surface area contributed by atoms with Crippen LogP contribution >= 0.6 is 0 Å². The molecule has 1 saturated carbocycles. The molecule has 1 aliphatic carbocycles. The molecule has 0 aromatic rings. The van der Waals surface area contributed by atoms with Crippen LogP contribution in [0.25, 0.3) is 0 Å². The van der Waals surface area contributed by atoms with Crippen molar-refractivity contribution < 1.29 is 9.53 Å². The van der Waals surface area contributed by atoms with E-state index in [1.807, 2.05) is 27.7 Å². The minimum atomic E-state index is -0.125. The maximum Gasteiger partial charge on any atom is 0.164 e. The Labute approximate surface area is 80.7 Å². The maximum atomic E-state index is 11.7. The van der Waals surface area contributed by atoms with Gasteiger partial charge in [-0.3, -0.25) is 4.79 Å². The first-order valence-electron chi connectivity index (χ1n) is 5.21. The fourth-order valence-electron chi connectivity index (χ4n) is 1.43. The molecule has 2 nitrogen and oxygen atoms in total. The standard InChI is InChI=1S/C11H20O2/c1-7(2)10(12)11(9-5-6-9)13-8(3)4/h7-9,11H,5-6H2,1-4H3. The Morgan fingerprint density at radius 2 is 1.77 bits per heavy atom. The highest BCUT2D eigenvalue weighted by molar-refractivity contribution is 5.85. The SMILES string of the molecule is CC(C)OC(C(=O)C(C)C)C1CC1. The van der Waals surface area contributed by atoms with Crippen LogP contribution < -0.4 is 0 Å². The van der Waals surface area contributed by atoms with Gasteiger partial charge in [0.2, 0.25) is 0 Å². The molecule has 2 heteroatoms. The summed E-state index contributed by atoms with van der Waals surface area (Å²) in [4.78, 5) is 11.7. The zero-order chi connectivity index (χ0) is 10.0. The second kappa shape index (κ2) is 4.23. The summed E-state index contributed by atoms with van der Waals surface area (Å²) in [5.41, 5.74) is 0. The Balaban J connectivity index is 2.51. The zero-order valence-electron chi connectivity index (χ0n) is 9.04. The Kier molecular flexibility index (Phi) is 3.48. The molecule has 0 spiro atoms. The smallest absolute Gasteiger partial charge is 0.164 e. The predicted molar refractivity (Wildman–Crippen MR) is 52.6 cm³/mol. The lowest BCUT2D eigenvalue weighted by Gasteiger charge is -2.20. The van der Waals surface area contributed by atoms with Crippen LogP contribution in [0.2, 0.25) is 0 Å². The molecule has 0 N–H and O–H groups in total. The van der Waals surface area contributed by atoms with Gasteiger partial charge in [-0.05, 0) is 32.6 Å². The van der Waals surface area contributed by atoms with Crippen molar-refractivity contribution in [3.8, 4) is 0 Å². The largest absolute Gasteiger partial charge is 0.367 e. The molecule has 1 unspecified atom stereocenters. The summed E-state index contributed by atoms with van der Waals surface area (Å²) in [5, 5.41) is 0. The van der Waals surface area contributed by atoms with Gasteiger partial charge in [0.15, 0.2) is 5.78 Å². The van der Waals surface area contributed by atoms with Crippen molar-refractivity contribution in [3.63, 3.8) is 0 Å². The second-order valence-electron chi connectivity index (χ2n) is 4.50. The molecular formula is C11H20O2. The van der Waals surface area contributed by atoms with Crippen molar-refractivity contribution in [2.45, 2.75) is 52.7 Å². The quantitative estimate of drug-likeness (QED) is 0.656. The third kappa shape index (κ3) is 3.11. The lowest BCUT2D eigenvalue weighted by atomic mass is 10.0. The normalized spacial score (nSPS) is 19.5. The minimum absolute atomic E-state index is 0.101. The zero-order valence-corrected chi connectivity index (χ0v) is 9.04. The number of hydrogen-bond donors (Lipinski definition) is 0. The first-order valence-corrected chi connectivity index (χ1v) is 5.21. The molecular weight excluding hydrogens is 164 g/mol. The van der Waals surface area contributed by atoms with Crippen LogP contribution in [0.15, 0.2) is 0 Å². The molecule has 0 heterocycles. The Morgan fingerprint density at radius 1 is 1.23 bits per heavy atom. The van der Waals surface area contributed by atoms with E-state index in [4.69, 9.17) is 4.74 Å². The van der Waals surface area contributed by atoms with Crippen LogP contribution in [-0.2, 0) is 9.53 Å². The summed E-state index contributed by atoms with van der Waals surface area (Å²) >= 11 is 0. The fraction of sp³-hybridized carbons (Fsp3) is 0.909. The van der Waals surface area contributed by atoms with Gasteiger partial charge in [-0.25, -0.2) is 0 Å². The van der Waals surface area contributed by atoms with Gasteiger partial charge in [0.1, 0.15) is 6.10 Å². The topological polar surface area (TPSA) is 26.3 Å². The summed E-state index contributed by atoms with van der Waals surface area (Å²) in [5.74, 6) is 0.887. The highest BCUT2D eigenvalue weighted by atomic mass is 16.5. The van der Waals surface area contributed by atoms with Crippen LogP contribution in [0.1, 0.15) is 40.5 Å². The van der Waals surface area contributed by atoms with E-state index < -0.39 is 0 Å². The van der Waals surface area contributed by atoms with Crippen molar-refractivity contribution in [1.29, 1.82) is 0 Å². The Morgan fingerprint density at radius 3 is 2.08 bits per heavy atom. The number of ether oxygens (including phenoxy) is 1. The Hall–Kier alpha value is -0.370. The minimum Gasteiger partial charge on any atom is -0.367 e. The van der Waals surface area contributed by atoms with E-state index in [1.54, 1.807) is 0 Å². The van der Waals surface area contributed by atoms with Gasteiger partial charge in [0.25, 0.3) is 0 Å². The van der Waals surface area contributed by atoms with Crippen LogP contribution in [0.4, 0.5) is 0 Å². The molecule has 0 amide bonds. The number of ketones is 1. The van der Waals surface area contributed by atoms with E-state index in [2.05, 4.69) is 0 Å². The van der Waals surface area contributed by atoms with Crippen molar-refractivity contribution in [1.82, 2.24) is 0 Å².